The smallest absolute Gasteiger partial charge is 0.247 e. The molecule has 0 radical (unpaired) electrons. The van der Waals surface area contributed by atoms with Gasteiger partial charge in [0.05, 0.1) is 6.04 Å². The van der Waals surface area contributed by atoms with Gasteiger partial charge < -0.3 is 14.9 Å². The summed E-state index contributed by atoms with van der Waals surface area (Å²) < 4.78 is 2.12. The molecule has 1 aliphatic rings. The van der Waals surface area contributed by atoms with Gasteiger partial charge in [-0.25, -0.2) is 0 Å². The van der Waals surface area contributed by atoms with Crippen LogP contribution in [0.25, 0.3) is 11.4 Å². The van der Waals surface area contributed by atoms with Gasteiger partial charge in [0.1, 0.15) is 0 Å². The summed E-state index contributed by atoms with van der Waals surface area (Å²) in [4.78, 5) is 13.7. The second kappa shape index (κ2) is 4.38. The Morgan fingerprint density at radius 2 is 2.33 bits per heavy atom. The normalized spacial score (nSPS) is 18.6. The fourth-order valence-electron chi connectivity index (χ4n) is 2.33. The SMILES string of the molecule is CCC1NCCn2c(-c3ccc(=O)[nH]c3)nnc21. The van der Waals surface area contributed by atoms with Gasteiger partial charge in [0.15, 0.2) is 11.6 Å². The largest absolute Gasteiger partial charge is 0.328 e. The van der Waals surface area contributed by atoms with Gasteiger partial charge in [-0.3, -0.25) is 4.79 Å². The van der Waals surface area contributed by atoms with E-state index in [9.17, 15) is 4.79 Å². The fraction of sp³-hybridized carbons (Fsp3) is 0.417. The van der Waals surface area contributed by atoms with Crippen LogP contribution in [-0.4, -0.2) is 26.3 Å². The first-order valence-electron chi connectivity index (χ1n) is 6.15. The molecule has 0 aliphatic carbocycles. The van der Waals surface area contributed by atoms with Crippen LogP contribution < -0.4 is 10.9 Å². The maximum atomic E-state index is 11.1. The molecule has 94 valence electrons. The Kier molecular flexibility index (Phi) is 2.71. The molecular formula is C12H15N5O. The zero-order valence-corrected chi connectivity index (χ0v) is 10.2. The number of H-pyrrole nitrogens is 1. The number of aromatic nitrogens is 4. The van der Waals surface area contributed by atoms with Gasteiger partial charge in [-0.1, -0.05) is 6.92 Å². The van der Waals surface area contributed by atoms with Gasteiger partial charge in [0, 0.05) is 30.9 Å². The summed E-state index contributed by atoms with van der Waals surface area (Å²) in [6.07, 6.45) is 2.67. The zero-order chi connectivity index (χ0) is 12.5. The molecule has 3 rings (SSSR count). The average Bonchev–Trinajstić information content (AvgIpc) is 2.83. The predicted molar refractivity (Wildman–Crippen MR) is 67.1 cm³/mol. The van der Waals surface area contributed by atoms with Crippen molar-refractivity contribution in [1.82, 2.24) is 25.1 Å². The van der Waals surface area contributed by atoms with Crippen molar-refractivity contribution in [3.05, 3.63) is 34.5 Å². The molecule has 0 aromatic carbocycles. The van der Waals surface area contributed by atoms with Crippen molar-refractivity contribution < 1.29 is 0 Å². The fourth-order valence-corrected chi connectivity index (χ4v) is 2.33. The first-order chi connectivity index (χ1) is 8.79. The molecule has 3 heterocycles. The van der Waals surface area contributed by atoms with E-state index in [1.807, 2.05) is 0 Å². The van der Waals surface area contributed by atoms with Crippen molar-refractivity contribution in [3.8, 4) is 11.4 Å². The van der Waals surface area contributed by atoms with Crippen molar-refractivity contribution in [1.29, 1.82) is 0 Å². The number of rotatable bonds is 2. The lowest BCUT2D eigenvalue weighted by atomic mass is 10.1. The molecule has 18 heavy (non-hydrogen) atoms. The molecule has 6 heteroatoms. The zero-order valence-electron chi connectivity index (χ0n) is 10.2. The summed E-state index contributed by atoms with van der Waals surface area (Å²) in [6, 6.07) is 3.55. The molecule has 0 saturated carbocycles. The second-order valence-electron chi connectivity index (χ2n) is 4.39. The molecule has 0 saturated heterocycles. The van der Waals surface area contributed by atoms with Crippen molar-refractivity contribution in [3.63, 3.8) is 0 Å². The van der Waals surface area contributed by atoms with Crippen molar-refractivity contribution in [2.45, 2.75) is 25.9 Å². The Morgan fingerprint density at radius 3 is 3.06 bits per heavy atom. The molecule has 2 aromatic rings. The first-order valence-corrected chi connectivity index (χ1v) is 6.15. The number of aromatic amines is 1. The third-order valence-electron chi connectivity index (χ3n) is 3.27. The van der Waals surface area contributed by atoms with Crippen LogP contribution in [0, 0.1) is 0 Å². The van der Waals surface area contributed by atoms with Gasteiger partial charge >= 0.3 is 0 Å². The number of fused-ring (bicyclic) bond motifs is 1. The summed E-state index contributed by atoms with van der Waals surface area (Å²) in [7, 11) is 0. The van der Waals surface area contributed by atoms with Crippen molar-refractivity contribution in [2.24, 2.45) is 0 Å². The van der Waals surface area contributed by atoms with Gasteiger partial charge in [-0.05, 0) is 12.5 Å². The van der Waals surface area contributed by atoms with E-state index in [4.69, 9.17) is 0 Å². The Bertz CT molecular complexity index is 595. The maximum absolute atomic E-state index is 11.1. The summed E-state index contributed by atoms with van der Waals surface area (Å²) in [5.74, 6) is 1.80. The molecule has 6 nitrogen and oxygen atoms in total. The lowest BCUT2D eigenvalue weighted by Crippen LogP contribution is -2.33. The van der Waals surface area contributed by atoms with Gasteiger partial charge in [0.25, 0.3) is 0 Å². The van der Waals surface area contributed by atoms with E-state index in [0.717, 1.165) is 36.7 Å². The second-order valence-corrected chi connectivity index (χ2v) is 4.39. The lowest BCUT2D eigenvalue weighted by molar-refractivity contribution is 0.407. The van der Waals surface area contributed by atoms with Crippen LogP contribution in [0.4, 0.5) is 0 Å². The Labute approximate surface area is 104 Å². The molecule has 1 atom stereocenters. The topological polar surface area (TPSA) is 75.6 Å². The van der Waals surface area contributed by atoms with Gasteiger partial charge in [-0.2, -0.15) is 0 Å². The minimum atomic E-state index is -0.106. The standard InChI is InChI=1S/C12H15N5O/c1-2-9-12-16-15-11(17(12)6-5-13-9)8-3-4-10(18)14-7-8/h3-4,7,9,13H,2,5-6H2,1H3,(H,14,18). The Hall–Kier alpha value is -1.95. The molecule has 2 aromatic heterocycles. The first kappa shape index (κ1) is 11.2. The molecule has 1 unspecified atom stereocenters. The highest BCUT2D eigenvalue weighted by Gasteiger charge is 2.23. The van der Waals surface area contributed by atoms with Crippen molar-refractivity contribution >= 4 is 0 Å². The highest BCUT2D eigenvalue weighted by Crippen LogP contribution is 2.24. The van der Waals surface area contributed by atoms with E-state index in [2.05, 4.69) is 32.0 Å². The number of nitrogens with one attached hydrogen (secondary N) is 2. The van der Waals surface area contributed by atoms with Crippen molar-refractivity contribution in [2.75, 3.05) is 6.54 Å². The third kappa shape index (κ3) is 1.74. The lowest BCUT2D eigenvalue weighted by Gasteiger charge is -2.23. The highest BCUT2D eigenvalue weighted by molar-refractivity contribution is 5.53. The molecular weight excluding hydrogens is 230 g/mol. The molecule has 1 aliphatic heterocycles. The molecule has 0 amide bonds. The number of pyridine rings is 1. The van der Waals surface area contributed by atoms with Crippen LogP contribution in [0.15, 0.2) is 23.1 Å². The summed E-state index contributed by atoms with van der Waals surface area (Å²) >= 11 is 0. The van der Waals surface area contributed by atoms with Crippen LogP contribution in [0.3, 0.4) is 0 Å². The quantitative estimate of drug-likeness (QED) is 0.816. The van der Waals surface area contributed by atoms with Crippen LogP contribution in [-0.2, 0) is 6.54 Å². The molecule has 0 spiro atoms. The predicted octanol–water partition coefficient (Wildman–Crippen LogP) is 0.688. The summed E-state index contributed by atoms with van der Waals surface area (Å²) in [5.41, 5.74) is 0.787. The van der Waals surface area contributed by atoms with E-state index < -0.39 is 0 Å². The Balaban J connectivity index is 2.06. The van der Waals surface area contributed by atoms with Crippen LogP contribution in [0.5, 0.6) is 0 Å². The van der Waals surface area contributed by atoms with Gasteiger partial charge in [-0.15, -0.1) is 10.2 Å². The van der Waals surface area contributed by atoms with Gasteiger partial charge in [0.2, 0.25) is 5.56 Å². The minimum Gasteiger partial charge on any atom is -0.328 e. The third-order valence-corrected chi connectivity index (χ3v) is 3.27. The Morgan fingerprint density at radius 1 is 1.44 bits per heavy atom. The number of hydrogen-bond donors (Lipinski definition) is 2. The van der Waals surface area contributed by atoms with E-state index in [-0.39, 0.29) is 11.6 Å². The van der Waals surface area contributed by atoms with Crippen LogP contribution in [0.2, 0.25) is 0 Å². The summed E-state index contributed by atoms with van der Waals surface area (Å²) in [6.45, 7) is 3.90. The number of nitrogens with zero attached hydrogens (tertiary/aromatic N) is 3. The average molecular weight is 245 g/mol. The monoisotopic (exact) mass is 245 g/mol. The highest BCUT2D eigenvalue weighted by atomic mass is 16.1. The maximum Gasteiger partial charge on any atom is 0.247 e. The van der Waals surface area contributed by atoms with E-state index in [0.29, 0.717) is 0 Å². The number of hydrogen-bond acceptors (Lipinski definition) is 4. The molecule has 0 fully saturated rings. The van der Waals surface area contributed by atoms with E-state index in [1.165, 1.54) is 6.07 Å². The van der Waals surface area contributed by atoms with Crippen LogP contribution in [0.1, 0.15) is 25.2 Å². The molecule has 2 N–H and O–H groups in total. The van der Waals surface area contributed by atoms with E-state index >= 15 is 0 Å². The minimum absolute atomic E-state index is 0.106. The molecule has 0 bridgehead atoms. The summed E-state index contributed by atoms with van der Waals surface area (Å²) in [5, 5.41) is 11.9. The van der Waals surface area contributed by atoms with E-state index in [1.54, 1.807) is 12.3 Å². The van der Waals surface area contributed by atoms with Crippen LogP contribution >= 0.6 is 0 Å².